The number of benzene rings is 2. The number of aliphatic hydroxyl groups excluding tert-OH is 1. The second-order valence-corrected chi connectivity index (χ2v) is 12.5. The zero-order chi connectivity index (χ0) is 27.7. The second-order valence-electron chi connectivity index (χ2n) is 10.8. The number of halogens is 2. The fourth-order valence-electron chi connectivity index (χ4n) is 5.19. The number of aliphatic hydroxyl groups is 1. The van der Waals surface area contributed by atoms with Crippen LogP contribution in [0.1, 0.15) is 48.5 Å². The number of amides is 1. The lowest BCUT2D eigenvalue weighted by molar-refractivity contribution is 0.0159. The molecule has 2 aliphatic heterocycles. The summed E-state index contributed by atoms with van der Waals surface area (Å²) in [6.45, 7) is 5.56. The Morgan fingerprint density at radius 2 is 1.79 bits per heavy atom. The van der Waals surface area contributed by atoms with Crippen molar-refractivity contribution in [2.24, 2.45) is 5.41 Å². The molecule has 2 aromatic rings. The maximum Gasteiger partial charge on any atom is 0.254 e. The number of fused-ring (bicyclic) bond motifs is 1. The van der Waals surface area contributed by atoms with Crippen LogP contribution in [0.5, 0.6) is 5.75 Å². The standard InChI is InChI=1S/C27H35F2N3O5S/c1-18(2)19-4-5-25-24(12-19)37-17-27(16-31(3)15-23(33)14-30-38(25,35)36)6-8-32(9-7-27)26(34)20-10-21(28)13-22(29)11-20/h4-5,10-13,18,23,30,33H,6-9,14-17H2,1-3H3. The molecule has 1 atom stereocenters. The van der Waals surface area contributed by atoms with Crippen molar-refractivity contribution in [3.05, 3.63) is 59.2 Å². The van der Waals surface area contributed by atoms with Crippen molar-refractivity contribution in [2.75, 3.05) is 46.4 Å². The summed E-state index contributed by atoms with van der Waals surface area (Å²) in [7, 11) is -2.08. The van der Waals surface area contributed by atoms with Gasteiger partial charge in [0.1, 0.15) is 22.3 Å². The number of nitrogens with zero attached hydrogens (tertiary/aromatic N) is 2. The van der Waals surface area contributed by atoms with E-state index >= 15 is 0 Å². The minimum absolute atomic E-state index is 0.0129. The monoisotopic (exact) mass is 551 g/mol. The number of carbonyl (C=O) groups excluding carboxylic acids is 1. The van der Waals surface area contributed by atoms with Crippen LogP contribution in [0.4, 0.5) is 8.78 Å². The molecule has 2 heterocycles. The Morgan fingerprint density at radius 3 is 2.42 bits per heavy atom. The second kappa shape index (κ2) is 11.3. The molecule has 2 aliphatic rings. The van der Waals surface area contributed by atoms with Gasteiger partial charge in [-0.3, -0.25) is 4.79 Å². The van der Waals surface area contributed by atoms with Gasteiger partial charge in [-0.15, -0.1) is 0 Å². The number of ether oxygens (including phenoxy) is 1. The average Bonchev–Trinajstić information content (AvgIpc) is 2.85. The highest BCUT2D eigenvalue weighted by Crippen LogP contribution is 2.36. The van der Waals surface area contributed by atoms with E-state index in [0.717, 1.165) is 23.8 Å². The quantitative estimate of drug-likeness (QED) is 0.596. The first-order chi connectivity index (χ1) is 17.9. The summed E-state index contributed by atoms with van der Waals surface area (Å²) < 4.78 is 62.3. The molecule has 2 aromatic carbocycles. The molecule has 11 heteroatoms. The Labute approximate surface area is 222 Å². The van der Waals surface area contributed by atoms with Crippen LogP contribution in [0.2, 0.25) is 0 Å². The first-order valence-corrected chi connectivity index (χ1v) is 14.2. The SMILES string of the molecule is CC(C)c1ccc2c(c1)OCC1(CCN(C(=O)c3cc(F)cc(F)c3)CC1)CN(C)CC(O)CNS2(=O)=O. The topological polar surface area (TPSA) is 99.2 Å². The van der Waals surface area contributed by atoms with Gasteiger partial charge in [0, 0.05) is 49.8 Å². The van der Waals surface area contributed by atoms with Crippen molar-refractivity contribution in [1.29, 1.82) is 0 Å². The van der Waals surface area contributed by atoms with Crippen molar-refractivity contribution < 1.29 is 31.8 Å². The molecule has 4 rings (SSSR count). The summed E-state index contributed by atoms with van der Waals surface area (Å²) >= 11 is 0. The van der Waals surface area contributed by atoms with E-state index < -0.39 is 39.1 Å². The summed E-state index contributed by atoms with van der Waals surface area (Å²) in [6.07, 6.45) is 0.137. The molecular weight excluding hydrogens is 516 g/mol. The molecule has 0 saturated carbocycles. The average molecular weight is 552 g/mol. The number of sulfonamides is 1. The lowest BCUT2D eigenvalue weighted by Gasteiger charge is -2.44. The normalized spacial score (nSPS) is 22.3. The number of β-amino-alcohol motifs (C(OH)–C–C–N with tert-alkyl or cyclic N) is 1. The Balaban J connectivity index is 1.61. The lowest BCUT2D eigenvalue weighted by Crippen LogP contribution is -2.51. The fourth-order valence-corrected chi connectivity index (χ4v) is 6.38. The molecule has 1 unspecified atom stereocenters. The Kier molecular flexibility index (Phi) is 8.41. The number of hydrogen-bond donors (Lipinski definition) is 2. The molecule has 1 saturated heterocycles. The van der Waals surface area contributed by atoms with E-state index in [1.54, 1.807) is 17.0 Å². The fraction of sp³-hybridized carbons (Fsp3) is 0.519. The van der Waals surface area contributed by atoms with Crippen LogP contribution in [-0.4, -0.2) is 81.7 Å². The van der Waals surface area contributed by atoms with E-state index in [-0.39, 0.29) is 41.8 Å². The third-order valence-corrected chi connectivity index (χ3v) is 8.78. The van der Waals surface area contributed by atoms with Gasteiger partial charge in [-0.25, -0.2) is 21.9 Å². The molecule has 0 aliphatic carbocycles. The summed E-state index contributed by atoms with van der Waals surface area (Å²) in [4.78, 5) is 16.5. The van der Waals surface area contributed by atoms with Crippen LogP contribution in [0.25, 0.3) is 0 Å². The molecule has 1 fully saturated rings. The molecule has 0 radical (unpaired) electrons. The van der Waals surface area contributed by atoms with Gasteiger partial charge in [0.15, 0.2) is 0 Å². The third kappa shape index (κ3) is 6.51. The maximum absolute atomic E-state index is 13.7. The van der Waals surface area contributed by atoms with Gasteiger partial charge in [0.2, 0.25) is 10.0 Å². The highest BCUT2D eigenvalue weighted by atomic mass is 32.2. The number of hydrogen-bond acceptors (Lipinski definition) is 6. The molecule has 1 spiro atoms. The number of likely N-dealkylation sites (N-methyl/N-ethyl adjacent to an activating group) is 1. The zero-order valence-corrected chi connectivity index (χ0v) is 22.7. The minimum Gasteiger partial charge on any atom is -0.492 e. The zero-order valence-electron chi connectivity index (χ0n) is 21.9. The molecule has 2 N–H and O–H groups in total. The van der Waals surface area contributed by atoms with E-state index in [1.807, 2.05) is 25.8 Å². The van der Waals surface area contributed by atoms with E-state index in [1.165, 1.54) is 6.07 Å². The van der Waals surface area contributed by atoms with Gasteiger partial charge in [-0.2, -0.15) is 0 Å². The van der Waals surface area contributed by atoms with Crippen molar-refractivity contribution in [3.8, 4) is 5.75 Å². The molecule has 38 heavy (non-hydrogen) atoms. The summed E-state index contributed by atoms with van der Waals surface area (Å²) in [5, 5.41) is 10.5. The van der Waals surface area contributed by atoms with Crippen LogP contribution in [0, 0.1) is 17.0 Å². The molecule has 8 nitrogen and oxygen atoms in total. The highest BCUT2D eigenvalue weighted by molar-refractivity contribution is 7.89. The number of nitrogens with one attached hydrogen (secondary N) is 1. The number of rotatable bonds is 2. The predicted molar refractivity (Wildman–Crippen MR) is 139 cm³/mol. The smallest absolute Gasteiger partial charge is 0.254 e. The summed E-state index contributed by atoms with van der Waals surface area (Å²) in [5.41, 5.74) is 0.446. The number of piperidine rings is 1. The van der Waals surface area contributed by atoms with Gasteiger partial charge in [0.25, 0.3) is 5.91 Å². The lowest BCUT2D eigenvalue weighted by atomic mass is 9.78. The van der Waals surface area contributed by atoms with E-state index in [2.05, 4.69) is 4.72 Å². The maximum atomic E-state index is 13.7. The van der Waals surface area contributed by atoms with Crippen LogP contribution < -0.4 is 9.46 Å². The predicted octanol–water partition coefficient (Wildman–Crippen LogP) is 2.97. The van der Waals surface area contributed by atoms with Gasteiger partial charge in [-0.05, 0) is 55.6 Å². The summed E-state index contributed by atoms with van der Waals surface area (Å²) in [6, 6.07) is 7.83. The molecule has 208 valence electrons. The van der Waals surface area contributed by atoms with Crippen LogP contribution in [0.3, 0.4) is 0 Å². The van der Waals surface area contributed by atoms with Gasteiger partial charge in [-0.1, -0.05) is 19.9 Å². The Morgan fingerprint density at radius 1 is 1.13 bits per heavy atom. The number of carbonyl (C=O) groups is 1. The van der Waals surface area contributed by atoms with Gasteiger partial charge < -0.3 is 19.6 Å². The largest absolute Gasteiger partial charge is 0.492 e. The molecule has 0 aromatic heterocycles. The highest BCUT2D eigenvalue weighted by Gasteiger charge is 2.39. The van der Waals surface area contributed by atoms with Crippen LogP contribution >= 0.6 is 0 Å². The van der Waals surface area contributed by atoms with Crippen molar-refractivity contribution in [2.45, 2.75) is 43.6 Å². The minimum atomic E-state index is -3.93. The van der Waals surface area contributed by atoms with E-state index in [9.17, 15) is 27.1 Å². The Hall–Kier alpha value is -2.60. The third-order valence-electron chi connectivity index (χ3n) is 7.32. The van der Waals surface area contributed by atoms with Crippen LogP contribution in [0.15, 0.2) is 41.3 Å². The van der Waals surface area contributed by atoms with Gasteiger partial charge >= 0.3 is 0 Å². The Bertz CT molecular complexity index is 1260. The molecule has 0 bridgehead atoms. The van der Waals surface area contributed by atoms with Crippen molar-refractivity contribution in [1.82, 2.24) is 14.5 Å². The van der Waals surface area contributed by atoms with E-state index in [4.69, 9.17) is 4.74 Å². The van der Waals surface area contributed by atoms with Gasteiger partial charge in [0.05, 0.1) is 12.7 Å². The number of likely N-dealkylation sites (tertiary alicyclic amines) is 1. The van der Waals surface area contributed by atoms with Crippen molar-refractivity contribution in [3.63, 3.8) is 0 Å². The van der Waals surface area contributed by atoms with E-state index in [0.29, 0.717) is 32.5 Å². The molecular formula is C27H35F2N3O5S. The van der Waals surface area contributed by atoms with Crippen molar-refractivity contribution >= 4 is 15.9 Å². The first kappa shape index (κ1) is 28.4. The van der Waals surface area contributed by atoms with Crippen LogP contribution in [-0.2, 0) is 10.0 Å². The summed E-state index contributed by atoms with van der Waals surface area (Å²) in [5.74, 6) is -1.66. The first-order valence-electron chi connectivity index (χ1n) is 12.8. The molecule has 1 amide bonds.